The maximum absolute atomic E-state index is 9.42. The first-order chi connectivity index (χ1) is 9.69. The van der Waals surface area contributed by atoms with Gasteiger partial charge in [-0.1, -0.05) is 12.1 Å². The predicted molar refractivity (Wildman–Crippen MR) is 86.2 cm³/mol. The predicted octanol–water partition coefficient (Wildman–Crippen LogP) is 4.46. The van der Waals surface area contributed by atoms with E-state index in [1.165, 1.54) is 0 Å². The van der Waals surface area contributed by atoms with E-state index in [1.807, 2.05) is 53.4 Å². The summed E-state index contributed by atoms with van der Waals surface area (Å²) in [6.45, 7) is 0. The molecule has 2 heterocycles. The van der Waals surface area contributed by atoms with E-state index < -0.39 is 0 Å². The van der Waals surface area contributed by atoms with Gasteiger partial charge >= 0.3 is 0 Å². The van der Waals surface area contributed by atoms with E-state index in [1.54, 1.807) is 11.3 Å². The number of aromatic nitrogens is 2. The number of fused-ring (bicyclic) bond motifs is 1. The number of thiophene rings is 1. The van der Waals surface area contributed by atoms with Crippen molar-refractivity contribution < 1.29 is 0 Å². The van der Waals surface area contributed by atoms with Gasteiger partial charge in [0.2, 0.25) is 0 Å². The zero-order chi connectivity index (χ0) is 14.1. The second kappa shape index (κ2) is 5.23. The molecule has 20 heavy (non-hydrogen) atoms. The van der Waals surface area contributed by atoms with Gasteiger partial charge in [-0.3, -0.25) is 0 Å². The smallest absolute Gasteiger partial charge is 0.151 e. The number of nitriles is 1. The van der Waals surface area contributed by atoms with Gasteiger partial charge in [0.05, 0.1) is 16.6 Å². The van der Waals surface area contributed by atoms with Crippen LogP contribution in [0.4, 0.5) is 0 Å². The van der Waals surface area contributed by atoms with Crippen LogP contribution >= 0.6 is 27.3 Å². The molecule has 0 atom stereocenters. The number of aryl methyl sites for hydroxylation is 1. The van der Waals surface area contributed by atoms with Crippen LogP contribution in [0.2, 0.25) is 0 Å². The second-order valence-corrected chi connectivity index (χ2v) is 6.18. The molecule has 3 aromatic rings. The van der Waals surface area contributed by atoms with Crippen LogP contribution in [0.1, 0.15) is 10.7 Å². The largest absolute Gasteiger partial charge is 0.327 e. The van der Waals surface area contributed by atoms with Crippen molar-refractivity contribution in [2.45, 2.75) is 0 Å². The van der Waals surface area contributed by atoms with Gasteiger partial charge in [0, 0.05) is 21.8 Å². The van der Waals surface area contributed by atoms with Gasteiger partial charge in [-0.25, -0.2) is 4.98 Å². The van der Waals surface area contributed by atoms with Gasteiger partial charge in [0.1, 0.15) is 6.07 Å². The van der Waals surface area contributed by atoms with Crippen LogP contribution in [0.5, 0.6) is 0 Å². The third kappa shape index (κ3) is 2.28. The molecule has 98 valence electrons. The van der Waals surface area contributed by atoms with Gasteiger partial charge in [0.15, 0.2) is 5.82 Å². The lowest BCUT2D eigenvalue weighted by atomic mass is 10.2. The number of hydrogen-bond acceptors (Lipinski definition) is 3. The van der Waals surface area contributed by atoms with Gasteiger partial charge < -0.3 is 4.57 Å². The fourth-order valence-corrected chi connectivity index (χ4v) is 3.46. The Balaban J connectivity index is 2.15. The molecule has 0 saturated heterocycles. The highest BCUT2D eigenvalue weighted by molar-refractivity contribution is 9.10. The third-order valence-corrected chi connectivity index (χ3v) is 4.66. The number of imidazole rings is 1. The van der Waals surface area contributed by atoms with Crippen molar-refractivity contribution >= 4 is 49.9 Å². The average molecular weight is 344 g/mol. The van der Waals surface area contributed by atoms with Crippen molar-refractivity contribution in [2.75, 3.05) is 0 Å². The maximum atomic E-state index is 9.42. The minimum atomic E-state index is 0.568. The van der Waals surface area contributed by atoms with E-state index in [2.05, 4.69) is 27.0 Å². The fraction of sp³-hybridized carbons (Fsp3) is 0.0667. The van der Waals surface area contributed by atoms with Crippen molar-refractivity contribution in [3.8, 4) is 6.07 Å². The zero-order valence-corrected chi connectivity index (χ0v) is 13.1. The molecule has 0 bridgehead atoms. The number of rotatable bonds is 2. The number of allylic oxidation sites excluding steroid dienone is 1. The topological polar surface area (TPSA) is 41.6 Å². The van der Waals surface area contributed by atoms with Crippen LogP contribution in [0, 0.1) is 11.3 Å². The molecule has 0 radical (unpaired) electrons. The number of halogens is 1. The van der Waals surface area contributed by atoms with Crippen LogP contribution < -0.4 is 0 Å². The molecule has 0 amide bonds. The van der Waals surface area contributed by atoms with Crippen LogP contribution in [0.3, 0.4) is 0 Å². The molecule has 0 spiro atoms. The maximum Gasteiger partial charge on any atom is 0.151 e. The van der Waals surface area contributed by atoms with Crippen LogP contribution in [0.15, 0.2) is 40.2 Å². The molecule has 1 aromatic carbocycles. The Morgan fingerprint density at radius 1 is 1.45 bits per heavy atom. The fourth-order valence-electron chi connectivity index (χ4n) is 2.08. The Bertz CT molecular complexity index is 852. The van der Waals surface area contributed by atoms with Crippen LogP contribution in [0.25, 0.3) is 22.7 Å². The summed E-state index contributed by atoms with van der Waals surface area (Å²) >= 11 is 5.01. The average Bonchev–Trinajstić information content (AvgIpc) is 3.01. The molecular formula is C15H10BrN3S. The van der Waals surface area contributed by atoms with Crippen LogP contribution in [-0.2, 0) is 7.05 Å². The molecule has 0 aliphatic carbocycles. The summed E-state index contributed by atoms with van der Waals surface area (Å²) in [6, 6.07) is 12.1. The Hall–Kier alpha value is -1.90. The number of nitrogens with zero attached hydrogens (tertiary/aromatic N) is 3. The minimum absolute atomic E-state index is 0.568. The summed E-state index contributed by atoms with van der Waals surface area (Å²) in [5, 5.41) is 11.4. The van der Waals surface area contributed by atoms with Crippen LogP contribution in [-0.4, -0.2) is 9.55 Å². The molecule has 5 heteroatoms. The Morgan fingerprint density at radius 3 is 2.90 bits per heavy atom. The summed E-state index contributed by atoms with van der Waals surface area (Å²) < 4.78 is 2.98. The zero-order valence-electron chi connectivity index (χ0n) is 10.7. The molecule has 0 fully saturated rings. The Labute approximate surface area is 128 Å². The summed E-state index contributed by atoms with van der Waals surface area (Å²) in [5.41, 5.74) is 2.49. The number of para-hydroxylation sites is 2. The third-order valence-electron chi connectivity index (χ3n) is 3.02. The lowest BCUT2D eigenvalue weighted by molar-refractivity contribution is 0.925. The molecular weight excluding hydrogens is 334 g/mol. The molecule has 0 saturated carbocycles. The van der Waals surface area contributed by atoms with E-state index in [4.69, 9.17) is 0 Å². The highest BCUT2D eigenvalue weighted by Crippen LogP contribution is 2.26. The molecule has 0 unspecified atom stereocenters. The molecule has 0 aliphatic heterocycles. The highest BCUT2D eigenvalue weighted by atomic mass is 79.9. The van der Waals surface area contributed by atoms with E-state index in [-0.39, 0.29) is 0 Å². The first-order valence-corrected chi connectivity index (χ1v) is 7.64. The summed E-state index contributed by atoms with van der Waals surface area (Å²) in [4.78, 5) is 5.58. The normalized spacial score (nSPS) is 11.8. The van der Waals surface area contributed by atoms with E-state index >= 15 is 0 Å². The van der Waals surface area contributed by atoms with Crippen molar-refractivity contribution in [1.29, 1.82) is 5.26 Å². The number of benzene rings is 1. The first kappa shape index (κ1) is 13.1. The lowest BCUT2D eigenvalue weighted by Crippen LogP contribution is -1.95. The van der Waals surface area contributed by atoms with E-state index in [0.717, 1.165) is 20.4 Å². The Kier molecular flexibility index (Phi) is 3.43. The van der Waals surface area contributed by atoms with Gasteiger partial charge in [0.25, 0.3) is 0 Å². The molecule has 3 rings (SSSR count). The van der Waals surface area contributed by atoms with Crippen molar-refractivity contribution in [3.05, 3.63) is 50.9 Å². The van der Waals surface area contributed by atoms with E-state index in [0.29, 0.717) is 11.4 Å². The van der Waals surface area contributed by atoms with Crippen molar-refractivity contribution in [1.82, 2.24) is 9.55 Å². The first-order valence-electron chi connectivity index (χ1n) is 5.96. The second-order valence-electron chi connectivity index (χ2n) is 4.32. The molecule has 3 nitrogen and oxygen atoms in total. The van der Waals surface area contributed by atoms with Gasteiger partial charge in [-0.05, 0) is 40.2 Å². The lowest BCUT2D eigenvalue weighted by Gasteiger charge is -1.99. The monoisotopic (exact) mass is 343 g/mol. The molecule has 0 N–H and O–H groups in total. The van der Waals surface area contributed by atoms with Crippen molar-refractivity contribution in [3.63, 3.8) is 0 Å². The van der Waals surface area contributed by atoms with E-state index in [9.17, 15) is 5.26 Å². The summed E-state index contributed by atoms with van der Waals surface area (Å²) in [7, 11) is 1.93. The molecule has 2 aromatic heterocycles. The molecule has 0 aliphatic rings. The van der Waals surface area contributed by atoms with Gasteiger partial charge in [-0.2, -0.15) is 5.26 Å². The van der Waals surface area contributed by atoms with Crippen molar-refractivity contribution in [2.24, 2.45) is 7.05 Å². The Morgan fingerprint density at radius 2 is 2.25 bits per heavy atom. The quantitative estimate of drug-likeness (QED) is 0.644. The number of hydrogen-bond donors (Lipinski definition) is 0. The SMILES string of the molecule is Cn1c(C(C#N)=Cc2cc(Br)cs2)nc2ccccc21. The summed E-state index contributed by atoms with van der Waals surface area (Å²) in [6.07, 6.45) is 1.87. The highest BCUT2D eigenvalue weighted by Gasteiger charge is 2.12. The summed E-state index contributed by atoms with van der Waals surface area (Å²) in [5.74, 6) is 0.693. The standard InChI is InChI=1S/C15H10BrN3S/c1-19-14-5-3-2-4-13(14)18-15(19)10(8-17)6-12-7-11(16)9-20-12/h2-7,9H,1H3. The van der Waals surface area contributed by atoms with Gasteiger partial charge in [-0.15, -0.1) is 11.3 Å². The minimum Gasteiger partial charge on any atom is -0.327 e.